The first kappa shape index (κ1) is 15.7. The molecule has 0 saturated carbocycles. The number of nitrogens with zero attached hydrogens (tertiary/aromatic N) is 1. The molecule has 0 amide bonds. The molecule has 1 aliphatic heterocycles. The van der Waals surface area contributed by atoms with E-state index in [4.69, 9.17) is 15.6 Å². The van der Waals surface area contributed by atoms with Gasteiger partial charge in [-0.1, -0.05) is 0 Å². The van der Waals surface area contributed by atoms with Crippen LogP contribution in [-0.4, -0.2) is 60.7 Å². The van der Waals surface area contributed by atoms with Gasteiger partial charge < -0.3 is 15.6 Å². The summed E-state index contributed by atoms with van der Waals surface area (Å²) in [5.74, 6) is -1.54. The maximum absolute atomic E-state index is 12.7. The highest BCUT2D eigenvalue weighted by atomic mass is 19.4. The molecule has 0 spiro atoms. The Kier molecular flexibility index (Phi) is 4.99. The van der Waals surface area contributed by atoms with Gasteiger partial charge in [0.1, 0.15) is 0 Å². The van der Waals surface area contributed by atoms with Gasteiger partial charge in [0.25, 0.3) is 0 Å². The van der Waals surface area contributed by atoms with E-state index in [1.165, 1.54) is 0 Å². The van der Waals surface area contributed by atoms with Gasteiger partial charge in [0.2, 0.25) is 0 Å². The Hall–Kier alpha value is -0.370. The molecular weight excluding hydrogens is 249 g/mol. The second-order valence-electron chi connectivity index (χ2n) is 5.35. The van der Waals surface area contributed by atoms with Crippen molar-refractivity contribution in [1.82, 2.24) is 4.90 Å². The quantitative estimate of drug-likeness (QED) is 0.785. The number of aliphatic hydroxyl groups is 1. The second kappa shape index (κ2) is 5.73. The maximum atomic E-state index is 12.7. The molecular formula is C11H21F3N2O2. The van der Waals surface area contributed by atoms with Gasteiger partial charge in [0.05, 0.1) is 24.2 Å². The molecule has 4 nitrogen and oxygen atoms in total. The van der Waals surface area contributed by atoms with Crippen LogP contribution in [0.5, 0.6) is 0 Å². The van der Waals surface area contributed by atoms with Crippen molar-refractivity contribution in [2.75, 3.05) is 32.8 Å². The summed E-state index contributed by atoms with van der Waals surface area (Å²) >= 11 is 0. The largest absolute Gasteiger partial charge is 0.394 e. The molecule has 0 radical (unpaired) electrons. The zero-order chi connectivity index (χ0) is 14.0. The first-order chi connectivity index (χ1) is 8.18. The highest BCUT2D eigenvalue weighted by Gasteiger charge is 2.42. The second-order valence-corrected chi connectivity index (χ2v) is 5.35. The van der Waals surface area contributed by atoms with E-state index in [9.17, 15) is 13.2 Å². The Morgan fingerprint density at radius 3 is 2.56 bits per heavy atom. The molecule has 1 rings (SSSR count). The zero-order valence-corrected chi connectivity index (χ0v) is 10.7. The number of aliphatic hydroxyl groups excluding tert-OH is 1. The number of rotatable bonds is 4. The van der Waals surface area contributed by atoms with Gasteiger partial charge in [0, 0.05) is 26.2 Å². The molecule has 7 heteroatoms. The normalized spacial score (nSPS) is 27.2. The molecule has 0 aromatic heterocycles. The predicted molar refractivity (Wildman–Crippen MR) is 61.1 cm³/mol. The predicted octanol–water partition coefficient (Wildman–Crippen LogP) is 0.595. The molecule has 2 atom stereocenters. The van der Waals surface area contributed by atoms with Crippen molar-refractivity contribution in [1.29, 1.82) is 0 Å². The van der Waals surface area contributed by atoms with E-state index < -0.39 is 30.3 Å². The van der Waals surface area contributed by atoms with E-state index in [0.29, 0.717) is 13.1 Å². The summed E-state index contributed by atoms with van der Waals surface area (Å²) in [4.78, 5) is 1.66. The molecule has 0 aromatic carbocycles. The van der Waals surface area contributed by atoms with Crippen LogP contribution in [0.1, 0.15) is 13.8 Å². The molecule has 1 fully saturated rings. The topological polar surface area (TPSA) is 58.7 Å². The average Bonchev–Trinajstić information content (AvgIpc) is 2.22. The first-order valence-corrected chi connectivity index (χ1v) is 5.96. The van der Waals surface area contributed by atoms with E-state index in [2.05, 4.69) is 0 Å². The number of nitrogens with two attached hydrogens (primary N) is 1. The van der Waals surface area contributed by atoms with Gasteiger partial charge in [-0.15, -0.1) is 0 Å². The minimum atomic E-state index is -4.29. The Bertz CT molecular complexity index is 272. The van der Waals surface area contributed by atoms with Crippen molar-refractivity contribution in [3.8, 4) is 0 Å². The van der Waals surface area contributed by atoms with Gasteiger partial charge in [-0.2, -0.15) is 13.2 Å². The van der Waals surface area contributed by atoms with Crippen molar-refractivity contribution in [2.24, 2.45) is 11.7 Å². The average molecular weight is 270 g/mol. The smallest absolute Gasteiger partial charge is 0.394 e. The van der Waals surface area contributed by atoms with Crippen molar-refractivity contribution in [2.45, 2.75) is 31.7 Å². The highest BCUT2D eigenvalue weighted by molar-refractivity contribution is 4.86. The number of hydrogen-bond donors (Lipinski definition) is 2. The first-order valence-electron chi connectivity index (χ1n) is 5.96. The summed E-state index contributed by atoms with van der Waals surface area (Å²) in [6.45, 7) is 3.52. The van der Waals surface area contributed by atoms with E-state index >= 15 is 0 Å². The zero-order valence-electron chi connectivity index (χ0n) is 10.7. The van der Waals surface area contributed by atoms with Crippen LogP contribution in [0.2, 0.25) is 0 Å². The number of morpholine rings is 1. The maximum Gasteiger partial charge on any atom is 0.394 e. The number of halogens is 3. The van der Waals surface area contributed by atoms with Gasteiger partial charge in [-0.05, 0) is 13.8 Å². The number of ether oxygens (including phenoxy) is 1. The third kappa shape index (κ3) is 4.38. The van der Waals surface area contributed by atoms with Crippen molar-refractivity contribution >= 4 is 0 Å². The highest BCUT2D eigenvalue weighted by Crippen LogP contribution is 2.28. The lowest BCUT2D eigenvalue weighted by Gasteiger charge is -2.43. The van der Waals surface area contributed by atoms with Gasteiger partial charge in [-0.3, -0.25) is 4.90 Å². The van der Waals surface area contributed by atoms with E-state index in [1.807, 2.05) is 0 Å². The van der Waals surface area contributed by atoms with Gasteiger partial charge in [-0.25, -0.2) is 0 Å². The molecule has 1 saturated heterocycles. The summed E-state index contributed by atoms with van der Waals surface area (Å²) in [6, 6.07) is 0. The third-order valence-corrected chi connectivity index (χ3v) is 2.98. The van der Waals surface area contributed by atoms with E-state index in [0.717, 1.165) is 0 Å². The number of hydrogen-bond acceptors (Lipinski definition) is 4. The molecule has 2 unspecified atom stereocenters. The van der Waals surface area contributed by atoms with Crippen LogP contribution in [0, 0.1) is 5.92 Å². The van der Waals surface area contributed by atoms with Crippen LogP contribution in [0.15, 0.2) is 0 Å². The van der Waals surface area contributed by atoms with Crippen LogP contribution >= 0.6 is 0 Å². The molecule has 0 aliphatic carbocycles. The van der Waals surface area contributed by atoms with Crippen molar-refractivity contribution < 1.29 is 23.0 Å². The minimum absolute atomic E-state index is 0.150. The summed E-state index contributed by atoms with van der Waals surface area (Å²) in [7, 11) is 0. The van der Waals surface area contributed by atoms with Crippen LogP contribution in [0.25, 0.3) is 0 Å². The lowest BCUT2D eigenvalue weighted by atomic mass is 10.0. The minimum Gasteiger partial charge on any atom is -0.394 e. The van der Waals surface area contributed by atoms with Crippen molar-refractivity contribution in [3.63, 3.8) is 0 Å². The fraction of sp³-hybridized carbons (Fsp3) is 1.00. The van der Waals surface area contributed by atoms with Gasteiger partial charge in [0.15, 0.2) is 0 Å². The Balaban J connectivity index is 2.65. The summed E-state index contributed by atoms with van der Waals surface area (Å²) in [5, 5.41) is 9.09. The summed E-state index contributed by atoms with van der Waals surface area (Å²) in [6.07, 6.45) is -4.73. The van der Waals surface area contributed by atoms with Crippen LogP contribution in [0.3, 0.4) is 0 Å². The lowest BCUT2D eigenvalue weighted by Crippen LogP contribution is -2.56. The Morgan fingerprint density at radius 1 is 1.50 bits per heavy atom. The number of alkyl halides is 3. The van der Waals surface area contributed by atoms with Crippen LogP contribution < -0.4 is 5.73 Å². The monoisotopic (exact) mass is 270 g/mol. The van der Waals surface area contributed by atoms with Crippen molar-refractivity contribution in [3.05, 3.63) is 0 Å². The van der Waals surface area contributed by atoms with Crippen LogP contribution in [0.4, 0.5) is 13.2 Å². The molecule has 1 aliphatic rings. The molecule has 1 heterocycles. The Labute approximate surface area is 105 Å². The van der Waals surface area contributed by atoms with E-state index in [-0.39, 0.29) is 13.2 Å². The summed E-state index contributed by atoms with van der Waals surface area (Å²) in [5.41, 5.74) is 4.62. The third-order valence-electron chi connectivity index (χ3n) is 2.98. The molecule has 0 aromatic rings. The SMILES string of the molecule is CC1(C)CN(CC(CN)C(F)(F)F)CC(CO)O1. The summed E-state index contributed by atoms with van der Waals surface area (Å²) < 4.78 is 43.5. The van der Waals surface area contributed by atoms with E-state index in [1.54, 1.807) is 18.7 Å². The fourth-order valence-corrected chi connectivity index (χ4v) is 2.27. The Morgan fingerprint density at radius 2 is 2.11 bits per heavy atom. The van der Waals surface area contributed by atoms with Gasteiger partial charge >= 0.3 is 6.18 Å². The standard InChI is InChI=1S/C11H21F3N2O2/c1-10(2)7-16(5-9(6-17)18-10)4-8(3-15)11(12,13)14/h8-9,17H,3-7,15H2,1-2H3. The fourth-order valence-electron chi connectivity index (χ4n) is 2.27. The molecule has 18 heavy (non-hydrogen) atoms. The molecule has 0 bridgehead atoms. The molecule has 3 N–H and O–H groups in total. The lowest BCUT2D eigenvalue weighted by molar-refractivity contribution is -0.192. The molecule has 108 valence electrons. The van der Waals surface area contributed by atoms with Crippen LogP contribution in [-0.2, 0) is 4.74 Å².